The van der Waals surface area contributed by atoms with E-state index in [0.717, 1.165) is 58.0 Å². The Kier molecular flexibility index (Phi) is 3.31. The molecule has 1 N–H and O–H groups in total. The number of morpholine rings is 1. The van der Waals surface area contributed by atoms with Gasteiger partial charge in [0.2, 0.25) is 5.91 Å². The van der Waals surface area contributed by atoms with E-state index in [1.54, 1.807) is 11.8 Å². The summed E-state index contributed by atoms with van der Waals surface area (Å²) in [5, 5.41) is 3.45. The van der Waals surface area contributed by atoms with Gasteiger partial charge in [0.15, 0.2) is 0 Å². The zero-order valence-electron chi connectivity index (χ0n) is 13.0. The van der Waals surface area contributed by atoms with E-state index in [0.29, 0.717) is 0 Å². The number of carbonyl (C=O) groups is 1. The van der Waals surface area contributed by atoms with Gasteiger partial charge in [-0.2, -0.15) is 0 Å². The largest absolute Gasteiger partial charge is 0.370 e. The second-order valence-corrected chi connectivity index (χ2v) is 6.43. The van der Waals surface area contributed by atoms with Crippen molar-refractivity contribution in [2.24, 2.45) is 0 Å². The second-order valence-electron chi connectivity index (χ2n) is 6.43. The molecule has 1 spiro atoms. The minimum absolute atomic E-state index is 0.0483. The molecule has 0 bridgehead atoms. The minimum Gasteiger partial charge on any atom is -0.370 e. The summed E-state index contributed by atoms with van der Waals surface area (Å²) in [5.41, 5.74) is 2.38. The van der Waals surface area contributed by atoms with E-state index in [1.807, 2.05) is 6.20 Å². The molecule has 1 amide bonds. The lowest BCUT2D eigenvalue weighted by Gasteiger charge is -2.34. The summed E-state index contributed by atoms with van der Waals surface area (Å²) in [6, 6.07) is 2.08. The monoisotopic (exact) mass is 302 g/mol. The van der Waals surface area contributed by atoms with Crippen LogP contribution in [-0.2, 0) is 16.0 Å². The number of aromatic nitrogens is 1. The van der Waals surface area contributed by atoms with E-state index in [4.69, 9.17) is 4.74 Å². The van der Waals surface area contributed by atoms with Crippen LogP contribution in [0.25, 0.3) is 0 Å². The molecule has 0 saturated carbocycles. The second kappa shape index (κ2) is 5.21. The number of pyridine rings is 1. The smallest absolute Gasteiger partial charge is 0.225 e. The zero-order chi connectivity index (χ0) is 15.2. The molecular weight excluding hydrogens is 280 g/mol. The Morgan fingerprint density at radius 2 is 2.36 bits per heavy atom. The van der Waals surface area contributed by atoms with Crippen molar-refractivity contribution in [1.82, 2.24) is 10.3 Å². The summed E-state index contributed by atoms with van der Waals surface area (Å²) >= 11 is 0. The van der Waals surface area contributed by atoms with Crippen LogP contribution in [0.2, 0.25) is 0 Å². The highest BCUT2D eigenvalue weighted by Gasteiger charge is 2.41. The van der Waals surface area contributed by atoms with Gasteiger partial charge < -0.3 is 15.0 Å². The summed E-state index contributed by atoms with van der Waals surface area (Å²) in [4.78, 5) is 20.3. The molecule has 1 aromatic heterocycles. The highest BCUT2D eigenvalue weighted by Crippen LogP contribution is 2.37. The Morgan fingerprint density at radius 3 is 3.14 bits per heavy atom. The van der Waals surface area contributed by atoms with Gasteiger partial charge in [-0.1, -0.05) is 0 Å². The first-order valence-corrected chi connectivity index (χ1v) is 8.04. The number of rotatable bonds is 1. The van der Waals surface area contributed by atoms with Gasteiger partial charge in [0.1, 0.15) is 5.82 Å². The third-order valence-electron chi connectivity index (χ3n) is 5.02. The van der Waals surface area contributed by atoms with Crippen LogP contribution >= 0.6 is 0 Å². The molecule has 3 aliphatic heterocycles. The fourth-order valence-corrected chi connectivity index (χ4v) is 3.90. The Hall–Kier alpha value is -1.66. The van der Waals surface area contributed by atoms with Crippen molar-refractivity contribution < 1.29 is 9.53 Å². The first-order chi connectivity index (χ1) is 10.7. The maximum atomic E-state index is 11.7. The van der Waals surface area contributed by atoms with Crippen LogP contribution in [0.15, 0.2) is 12.3 Å². The van der Waals surface area contributed by atoms with Crippen LogP contribution in [0.3, 0.4) is 0 Å². The third-order valence-corrected chi connectivity index (χ3v) is 5.02. The number of anilines is 2. The molecule has 118 valence electrons. The van der Waals surface area contributed by atoms with Crippen LogP contribution in [0.5, 0.6) is 0 Å². The highest BCUT2D eigenvalue weighted by atomic mass is 16.5. The first kappa shape index (κ1) is 14.0. The molecule has 1 unspecified atom stereocenters. The van der Waals surface area contributed by atoms with Crippen LogP contribution in [0, 0.1) is 0 Å². The van der Waals surface area contributed by atoms with Crippen molar-refractivity contribution in [1.29, 1.82) is 0 Å². The van der Waals surface area contributed by atoms with Gasteiger partial charge in [0, 0.05) is 57.1 Å². The Labute approximate surface area is 130 Å². The Bertz CT molecular complexity index is 598. The Morgan fingerprint density at radius 1 is 1.45 bits per heavy atom. The molecule has 1 atom stereocenters. The third kappa shape index (κ3) is 2.18. The van der Waals surface area contributed by atoms with E-state index in [1.165, 1.54) is 11.3 Å². The maximum Gasteiger partial charge on any atom is 0.225 e. The van der Waals surface area contributed by atoms with E-state index in [9.17, 15) is 4.79 Å². The van der Waals surface area contributed by atoms with E-state index < -0.39 is 0 Å². The maximum absolute atomic E-state index is 11.7. The first-order valence-electron chi connectivity index (χ1n) is 8.04. The van der Waals surface area contributed by atoms with E-state index in [-0.39, 0.29) is 11.5 Å². The summed E-state index contributed by atoms with van der Waals surface area (Å²) in [6.07, 6.45) is 3.76. The standard InChI is InChI=1S/C16H22N4O2/c1-12(21)20-7-3-13-14(2-5-18-15(13)20)19-8-4-16(11-19)10-17-6-9-22-16/h2,5,17H,3-4,6-11H2,1H3. The summed E-state index contributed by atoms with van der Waals surface area (Å²) < 4.78 is 6.07. The van der Waals surface area contributed by atoms with Crippen LogP contribution in [0.4, 0.5) is 11.5 Å². The summed E-state index contributed by atoms with van der Waals surface area (Å²) in [6.45, 7) is 6.92. The fourth-order valence-electron chi connectivity index (χ4n) is 3.90. The summed E-state index contributed by atoms with van der Waals surface area (Å²) in [7, 11) is 0. The lowest BCUT2D eigenvalue weighted by atomic mass is 10.0. The van der Waals surface area contributed by atoms with E-state index >= 15 is 0 Å². The molecule has 22 heavy (non-hydrogen) atoms. The van der Waals surface area contributed by atoms with Gasteiger partial charge in [-0.15, -0.1) is 0 Å². The number of amides is 1. The molecule has 0 radical (unpaired) electrons. The number of hydrogen-bond acceptors (Lipinski definition) is 5. The van der Waals surface area contributed by atoms with Crippen molar-refractivity contribution >= 4 is 17.4 Å². The number of hydrogen-bond donors (Lipinski definition) is 1. The minimum atomic E-state index is -0.0483. The van der Waals surface area contributed by atoms with Crippen molar-refractivity contribution in [3.8, 4) is 0 Å². The molecule has 4 rings (SSSR count). The van der Waals surface area contributed by atoms with Gasteiger partial charge in [-0.05, 0) is 18.9 Å². The van der Waals surface area contributed by atoms with Crippen molar-refractivity contribution in [3.05, 3.63) is 17.8 Å². The molecule has 3 aliphatic rings. The zero-order valence-corrected chi connectivity index (χ0v) is 13.0. The number of carbonyl (C=O) groups excluding carboxylic acids is 1. The van der Waals surface area contributed by atoms with Gasteiger partial charge in [-0.3, -0.25) is 9.69 Å². The number of fused-ring (bicyclic) bond motifs is 1. The van der Waals surface area contributed by atoms with Gasteiger partial charge in [0.05, 0.1) is 12.2 Å². The lowest BCUT2D eigenvalue weighted by molar-refractivity contribution is -0.116. The molecular formula is C16H22N4O2. The van der Waals surface area contributed by atoms with Crippen molar-refractivity contribution in [3.63, 3.8) is 0 Å². The molecule has 4 heterocycles. The van der Waals surface area contributed by atoms with Crippen LogP contribution in [-0.4, -0.2) is 55.8 Å². The van der Waals surface area contributed by atoms with Crippen LogP contribution < -0.4 is 15.1 Å². The fraction of sp³-hybridized carbons (Fsp3) is 0.625. The molecule has 2 fully saturated rings. The van der Waals surface area contributed by atoms with Crippen molar-refractivity contribution in [2.45, 2.75) is 25.4 Å². The normalized spacial score (nSPS) is 27.5. The topological polar surface area (TPSA) is 57.7 Å². The number of nitrogens with zero attached hydrogens (tertiary/aromatic N) is 3. The van der Waals surface area contributed by atoms with Crippen molar-refractivity contribution in [2.75, 3.05) is 49.1 Å². The number of ether oxygens (including phenoxy) is 1. The average molecular weight is 302 g/mol. The van der Waals surface area contributed by atoms with Crippen LogP contribution in [0.1, 0.15) is 18.9 Å². The predicted octanol–water partition coefficient (Wildman–Crippen LogP) is 0.559. The molecule has 0 aromatic carbocycles. The van der Waals surface area contributed by atoms with E-state index in [2.05, 4.69) is 21.3 Å². The van der Waals surface area contributed by atoms with Gasteiger partial charge in [0.25, 0.3) is 0 Å². The van der Waals surface area contributed by atoms with Gasteiger partial charge >= 0.3 is 0 Å². The molecule has 0 aliphatic carbocycles. The van der Waals surface area contributed by atoms with Gasteiger partial charge in [-0.25, -0.2) is 4.98 Å². The summed E-state index contributed by atoms with van der Waals surface area (Å²) in [5.74, 6) is 0.912. The SMILES string of the molecule is CC(=O)N1CCc2c(N3CCC4(CNCCO4)C3)ccnc21. The average Bonchev–Trinajstić information content (AvgIpc) is 3.12. The lowest BCUT2D eigenvalue weighted by Crippen LogP contribution is -2.51. The molecule has 1 aromatic rings. The molecule has 6 heteroatoms. The highest BCUT2D eigenvalue weighted by molar-refractivity contribution is 5.93. The Balaban J connectivity index is 1.61. The molecule has 2 saturated heterocycles. The number of nitrogens with one attached hydrogen (secondary N) is 1. The molecule has 6 nitrogen and oxygen atoms in total. The quantitative estimate of drug-likeness (QED) is 0.821. The predicted molar refractivity (Wildman–Crippen MR) is 84.4 cm³/mol.